The van der Waals surface area contributed by atoms with E-state index in [-0.39, 0.29) is 10.8 Å². The molecule has 6 rings (SSSR count). The zero-order chi connectivity index (χ0) is 27.4. The molecule has 0 heterocycles. The van der Waals surface area contributed by atoms with Gasteiger partial charge in [0.05, 0.1) is 0 Å². The maximum atomic E-state index is 2.70. The van der Waals surface area contributed by atoms with Gasteiger partial charge in [-0.3, -0.25) is 0 Å². The van der Waals surface area contributed by atoms with Gasteiger partial charge in [-0.2, -0.15) is 0 Å². The molecule has 0 aromatic heterocycles. The van der Waals surface area contributed by atoms with Crippen molar-refractivity contribution < 1.29 is 0 Å². The SMILES string of the molecule is CC(C)(C)c1ccc2c(c1)C([Si](C1=CC=CC1)(C1CCCCC1)C1CCCCC1)c1cc(C(C)(C)C)ccc1-2. The van der Waals surface area contributed by atoms with Gasteiger partial charge in [0.15, 0.2) is 0 Å². The lowest BCUT2D eigenvalue weighted by Crippen LogP contribution is -2.53. The third-order valence-electron chi connectivity index (χ3n) is 11.1. The lowest BCUT2D eigenvalue weighted by Gasteiger charge is -2.53. The van der Waals surface area contributed by atoms with E-state index < -0.39 is 8.07 Å². The first-order valence-corrected chi connectivity index (χ1v) is 18.5. The van der Waals surface area contributed by atoms with Crippen LogP contribution in [0.15, 0.2) is 59.8 Å². The molecule has 0 saturated heterocycles. The van der Waals surface area contributed by atoms with Gasteiger partial charge in [-0.05, 0) is 61.7 Å². The summed E-state index contributed by atoms with van der Waals surface area (Å²) in [5, 5.41) is 1.91. The summed E-state index contributed by atoms with van der Waals surface area (Å²) in [4.78, 5) is 0. The Labute approximate surface area is 240 Å². The minimum absolute atomic E-state index is 0.166. The first-order valence-electron chi connectivity index (χ1n) is 16.3. The molecule has 0 radical (unpaired) electrons. The smallest absolute Gasteiger partial charge is 0.0809 e. The molecule has 2 saturated carbocycles. The Morgan fingerprint density at radius 3 is 1.46 bits per heavy atom. The molecule has 0 spiro atoms. The predicted octanol–water partition coefficient (Wildman–Crippen LogP) is 11.5. The van der Waals surface area contributed by atoms with Crippen molar-refractivity contribution in [2.24, 2.45) is 0 Å². The first-order chi connectivity index (χ1) is 18.6. The first kappa shape index (κ1) is 27.3. The molecule has 0 amide bonds. The molecule has 4 aliphatic rings. The Morgan fingerprint density at radius 1 is 0.615 bits per heavy atom. The summed E-state index contributed by atoms with van der Waals surface area (Å²) in [6, 6.07) is 15.3. The molecule has 2 fully saturated rings. The van der Waals surface area contributed by atoms with Crippen LogP contribution in [-0.4, -0.2) is 8.07 Å². The highest BCUT2D eigenvalue weighted by molar-refractivity contribution is 6.91. The summed E-state index contributed by atoms with van der Waals surface area (Å²) in [5.41, 5.74) is 12.3. The molecule has 39 heavy (non-hydrogen) atoms. The summed E-state index contributed by atoms with van der Waals surface area (Å²) in [5.74, 6) is 0. The maximum Gasteiger partial charge on any atom is 0.100 e. The van der Waals surface area contributed by atoms with E-state index in [9.17, 15) is 0 Å². The monoisotopic (exact) mass is 536 g/mol. The second kappa shape index (κ2) is 10.2. The van der Waals surface area contributed by atoms with Crippen LogP contribution in [0.1, 0.15) is 140 Å². The summed E-state index contributed by atoms with van der Waals surface area (Å²) < 4.78 is 0. The second-order valence-corrected chi connectivity index (χ2v) is 20.2. The fourth-order valence-corrected chi connectivity index (χ4v) is 17.3. The van der Waals surface area contributed by atoms with E-state index >= 15 is 0 Å². The van der Waals surface area contributed by atoms with Crippen LogP contribution in [0.25, 0.3) is 11.1 Å². The van der Waals surface area contributed by atoms with Crippen LogP contribution in [0.5, 0.6) is 0 Å². The Kier molecular flexibility index (Phi) is 7.14. The summed E-state index contributed by atoms with van der Waals surface area (Å²) >= 11 is 0. The number of hydrogen-bond acceptors (Lipinski definition) is 0. The van der Waals surface area contributed by atoms with E-state index in [0.717, 1.165) is 11.1 Å². The fraction of sp³-hybridized carbons (Fsp3) is 0.579. The number of allylic oxidation sites excluding steroid dienone is 4. The van der Waals surface area contributed by atoms with Gasteiger partial charge < -0.3 is 0 Å². The third kappa shape index (κ3) is 4.65. The van der Waals surface area contributed by atoms with Gasteiger partial charge in [0.1, 0.15) is 8.07 Å². The van der Waals surface area contributed by atoms with Crippen LogP contribution in [0.3, 0.4) is 0 Å². The van der Waals surface area contributed by atoms with Crippen molar-refractivity contribution in [3.05, 3.63) is 82.1 Å². The Morgan fingerprint density at radius 2 is 1.08 bits per heavy atom. The van der Waals surface area contributed by atoms with Gasteiger partial charge in [0, 0.05) is 5.54 Å². The van der Waals surface area contributed by atoms with Crippen molar-refractivity contribution in [3.63, 3.8) is 0 Å². The maximum absolute atomic E-state index is 2.70. The molecule has 0 unspecified atom stereocenters. The van der Waals surface area contributed by atoms with Gasteiger partial charge in [-0.25, -0.2) is 0 Å². The third-order valence-corrected chi connectivity index (χ3v) is 18.0. The van der Waals surface area contributed by atoms with Crippen molar-refractivity contribution in [3.8, 4) is 11.1 Å². The molecule has 0 N–H and O–H groups in total. The molecule has 0 aliphatic heterocycles. The summed E-state index contributed by atoms with van der Waals surface area (Å²) in [6.45, 7) is 14.4. The normalized spacial score (nSPS) is 21.2. The number of fused-ring (bicyclic) bond motifs is 3. The van der Waals surface area contributed by atoms with E-state index in [2.05, 4.69) is 96.2 Å². The zero-order valence-corrected chi connectivity index (χ0v) is 26.7. The molecule has 2 aromatic rings. The number of rotatable bonds is 4. The van der Waals surface area contributed by atoms with Crippen LogP contribution < -0.4 is 0 Å². The zero-order valence-electron chi connectivity index (χ0n) is 25.7. The highest BCUT2D eigenvalue weighted by Gasteiger charge is 2.58. The van der Waals surface area contributed by atoms with Crippen LogP contribution in [0, 0.1) is 0 Å². The van der Waals surface area contributed by atoms with Gasteiger partial charge >= 0.3 is 0 Å². The topological polar surface area (TPSA) is 0 Å². The minimum Gasteiger partial charge on any atom is -0.0809 e. The highest BCUT2D eigenvalue weighted by Crippen LogP contribution is 2.63. The lowest BCUT2D eigenvalue weighted by atomic mass is 9.85. The van der Waals surface area contributed by atoms with Crippen LogP contribution in [-0.2, 0) is 10.8 Å². The summed E-state index contributed by atoms with van der Waals surface area (Å²) in [6.07, 6.45) is 23.4. The standard InChI is InChI=1S/C38H52Si/c1-37(2,3)27-21-23-32-33-24-22-28(38(4,5)6)26-35(33)36(34(32)25-27)39(31-19-13-14-20-31,29-15-9-7-10-16-29)30-17-11-8-12-18-30/h13-14,19,21-26,29-30,36H,7-12,15-18,20H2,1-6H3. The number of benzene rings is 2. The van der Waals surface area contributed by atoms with Crippen molar-refractivity contribution in [2.75, 3.05) is 0 Å². The molecule has 0 atom stereocenters. The highest BCUT2D eigenvalue weighted by atomic mass is 28.3. The van der Waals surface area contributed by atoms with Crippen molar-refractivity contribution >= 4 is 8.07 Å². The molecule has 1 heteroatoms. The largest absolute Gasteiger partial charge is 0.100 e. The molecule has 0 bridgehead atoms. The van der Waals surface area contributed by atoms with Crippen LogP contribution in [0.4, 0.5) is 0 Å². The predicted molar refractivity (Wildman–Crippen MR) is 172 cm³/mol. The van der Waals surface area contributed by atoms with Gasteiger partial charge in [0.25, 0.3) is 0 Å². The second-order valence-electron chi connectivity index (χ2n) is 15.5. The number of hydrogen-bond donors (Lipinski definition) is 0. The van der Waals surface area contributed by atoms with E-state index in [0.29, 0.717) is 5.54 Å². The Bertz CT molecular complexity index is 1180. The molecule has 4 aliphatic carbocycles. The van der Waals surface area contributed by atoms with Gasteiger partial charge in [-0.15, -0.1) is 0 Å². The van der Waals surface area contributed by atoms with Gasteiger partial charge in [0.2, 0.25) is 0 Å². The molecule has 0 nitrogen and oxygen atoms in total. The fourth-order valence-electron chi connectivity index (χ4n) is 9.15. The quantitative estimate of drug-likeness (QED) is 0.341. The Balaban J connectivity index is 1.67. The van der Waals surface area contributed by atoms with Crippen LogP contribution in [0.2, 0.25) is 11.1 Å². The van der Waals surface area contributed by atoms with Gasteiger partial charge in [-0.1, -0.05) is 166 Å². The lowest BCUT2D eigenvalue weighted by molar-refractivity contribution is 0.448. The molecule has 208 valence electrons. The van der Waals surface area contributed by atoms with E-state index in [4.69, 9.17) is 0 Å². The van der Waals surface area contributed by atoms with E-state index in [1.165, 1.54) is 81.8 Å². The molecular formula is C38H52Si. The minimum atomic E-state index is -2.00. The van der Waals surface area contributed by atoms with Crippen LogP contribution >= 0.6 is 0 Å². The van der Waals surface area contributed by atoms with E-state index in [1.54, 1.807) is 22.3 Å². The Hall–Kier alpha value is -1.86. The van der Waals surface area contributed by atoms with Crippen molar-refractivity contribution in [2.45, 2.75) is 140 Å². The van der Waals surface area contributed by atoms with Crippen molar-refractivity contribution in [1.29, 1.82) is 0 Å². The van der Waals surface area contributed by atoms with Crippen molar-refractivity contribution in [1.82, 2.24) is 0 Å². The van der Waals surface area contributed by atoms with E-state index in [1.807, 2.05) is 5.20 Å². The average Bonchev–Trinajstić information content (AvgIpc) is 3.57. The molecule has 2 aromatic carbocycles. The average molecular weight is 537 g/mol. The summed E-state index contributed by atoms with van der Waals surface area (Å²) in [7, 11) is -2.00. The molecular weight excluding hydrogens is 485 g/mol.